The van der Waals surface area contributed by atoms with Gasteiger partial charge in [-0.2, -0.15) is 0 Å². The van der Waals surface area contributed by atoms with E-state index in [1.807, 2.05) is 54.5 Å². The minimum atomic E-state index is -0.317. The maximum atomic E-state index is 6.43. The fraction of sp³-hybridized carbons (Fsp3) is 0.407. The highest BCUT2D eigenvalue weighted by Gasteiger charge is 2.67. The second kappa shape index (κ2) is 8.51. The average molecular weight is 490 g/mol. The van der Waals surface area contributed by atoms with Crippen molar-refractivity contribution in [1.82, 2.24) is 9.97 Å². The Morgan fingerprint density at radius 3 is 2.89 bits per heavy atom. The number of benzene rings is 2. The molecule has 1 aliphatic heterocycles. The van der Waals surface area contributed by atoms with Crippen LogP contribution in [0.3, 0.4) is 0 Å². The van der Waals surface area contributed by atoms with Gasteiger partial charge in [-0.25, -0.2) is 9.97 Å². The molecule has 0 radical (unpaired) electrons. The normalized spacial score (nSPS) is 28.7. The van der Waals surface area contributed by atoms with E-state index in [0.717, 1.165) is 34.7 Å². The Hall–Kier alpha value is -2.61. The molecule has 0 amide bonds. The molecule has 2 heterocycles. The molecule has 0 spiro atoms. The number of anilines is 2. The molecule has 8 heteroatoms. The minimum Gasteiger partial charge on any atom is -0.490 e. The Kier molecular flexibility index (Phi) is 5.55. The van der Waals surface area contributed by atoms with E-state index in [0.29, 0.717) is 28.8 Å². The Morgan fingerprint density at radius 1 is 1.17 bits per heavy atom. The first-order valence-electron chi connectivity index (χ1n) is 12.2. The maximum Gasteiger partial charge on any atom is 0.486 e. The third-order valence-electron chi connectivity index (χ3n) is 8.30. The predicted octanol–water partition coefficient (Wildman–Crippen LogP) is 6.23. The van der Waals surface area contributed by atoms with E-state index < -0.39 is 0 Å². The van der Waals surface area contributed by atoms with Gasteiger partial charge in [-0.15, -0.1) is 0 Å². The van der Waals surface area contributed by atoms with Crippen molar-refractivity contribution in [3.63, 3.8) is 0 Å². The topological polar surface area (TPSA) is 65.5 Å². The highest BCUT2D eigenvalue weighted by atomic mass is 35.5. The van der Waals surface area contributed by atoms with Gasteiger partial charge >= 0.3 is 7.12 Å². The first-order valence-corrected chi connectivity index (χ1v) is 12.6. The predicted molar refractivity (Wildman–Crippen MR) is 139 cm³/mol. The molecule has 6 nitrogen and oxygen atoms in total. The Labute approximate surface area is 211 Å². The lowest BCUT2D eigenvalue weighted by molar-refractivity contribution is -0.199. The molecule has 4 atom stereocenters. The number of hydrogen-bond donors (Lipinski definition) is 1. The first-order chi connectivity index (χ1) is 16.8. The quantitative estimate of drug-likeness (QED) is 0.414. The fourth-order valence-electron chi connectivity index (χ4n) is 6.22. The number of fused-ring (bicyclic) bond motifs is 1. The molecule has 2 bridgehead atoms. The molecule has 2 aromatic carbocycles. The number of halogens is 1. The third kappa shape index (κ3) is 4.00. The van der Waals surface area contributed by atoms with E-state index in [4.69, 9.17) is 25.6 Å². The summed E-state index contributed by atoms with van der Waals surface area (Å²) in [6, 6.07) is 13.3. The Morgan fingerprint density at radius 2 is 2.06 bits per heavy atom. The molecule has 1 saturated heterocycles. The third-order valence-corrected chi connectivity index (χ3v) is 8.54. The highest BCUT2D eigenvalue weighted by Crippen LogP contribution is 2.65. The lowest BCUT2D eigenvalue weighted by Gasteiger charge is -2.64. The van der Waals surface area contributed by atoms with E-state index in [9.17, 15) is 0 Å². The van der Waals surface area contributed by atoms with Crippen molar-refractivity contribution in [3.8, 4) is 5.75 Å². The largest absolute Gasteiger partial charge is 0.490 e. The summed E-state index contributed by atoms with van der Waals surface area (Å²) in [5, 5.41) is 4.85. The minimum absolute atomic E-state index is 0.181. The van der Waals surface area contributed by atoms with Gasteiger partial charge in [-0.3, -0.25) is 0 Å². The molecule has 7 rings (SSSR count). The van der Waals surface area contributed by atoms with Crippen molar-refractivity contribution in [2.24, 2.45) is 17.3 Å². The molecule has 35 heavy (non-hydrogen) atoms. The molecular formula is C27H29BClN3O3. The van der Waals surface area contributed by atoms with E-state index in [2.05, 4.69) is 36.1 Å². The van der Waals surface area contributed by atoms with Gasteiger partial charge in [0.25, 0.3) is 0 Å². The summed E-state index contributed by atoms with van der Waals surface area (Å²) >= 11 is 6.12. The van der Waals surface area contributed by atoms with Crippen molar-refractivity contribution in [2.75, 3.05) is 11.9 Å². The molecule has 3 aliphatic carbocycles. The van der Waals surface area contributed by atoms with Crippen LogP contribution in [0.2, 0.25) is 5.02 Å². The Balaban J connectivity index is 1.11. The van der Waals surface area contributed by atoms with Crippen LogP contribution in [0.25, 0.3) is 10.9 Å². The van der Waals surface area contributed by atoms with Crippen molar-refractivity contribution in [3.05, 3.63) is 65.9 Å². The van der Waals surface area contributed by atoms with E-state index >= 15 is 0 Å². The summed E-state index contributed by atoms with van der Waals surface area (Å²) in [4.78, 5) is 8.79. The first kappa shape index (κ1) is 22.8. The monoisotopic (exact) mass is 489 g/mol. The molecule has 4 fully saturated rings. The summed E-state index contributed by atoms with van der Waals surface area (Å²) in [7, 11) is -0.317. The zero-order valence-electron chi connectivity index (χ0n) is 20.2. The second-order valence-corrected chi connectivity index (χ2v) is 11.0. The number of nitrogens with one attached hydrogen (secondary N) is 1. The molecule has 1 aromatic heterocycles. The van der Waals surface area contributed by atoms with Gasteiger partial charge in [0.2, 0.25) is 0 Å². The van der Waals surface area contributed by atoms with Gasteiger partial charge in [0, 0.05) is 16.1 Å². The van der Waals surface area contributed by atoms with Crippen LogP contribution in [0.4, 0.5) is 11.5 Å². The fourth-order valence-corrected chi connectivity index (χ4v) is 6.41. The van der Waals surface area contributed by atoms with Crippen LogP contribution >= 0.6 is 11.6 Å². The number of nitrogens with zero attached hydrogens (tertiary/aromatic N) is 2. The van der Waals surface area contributed by atoms with Crippen LogP contribution in [0.15, 0.2) is 60.8 Å². The summed E-state index contributed by atoms with van der Waals surface area (Å²) < 4.78 is 18.7. The molecule has 3 aromatic rings. The summed E-state index contributed by atoms with van der Waals surface area (Å²) in [5.74, 6) is 4.72. The average Bonchev–Trinajstić information content (AvgIpc) is 3.18. The SMILES string of the molecule is CC1(C)[C@@H]2CC3OB(/C=C/COc4ccc5ncnc(Nc6cccc(Cl)c6)c5c4)O[C@@]3(C)[C@H]1C2. The maximum absolute atomic E-state index is 6.43. The van der Waals surface area contributed by atoms with Crippen molar-refractivity contribution >= 4 is 41.1 Å². The van der Waals surface area contributed by atoms with Crippen molar-refractivity contribution < 1.29 is 14.0 Å². The van der Waals surface area contributed by atoms with E-state index in [1.165, 1.54) is 6.42 Å². The van der Waals surface area contributed by atoms with Crippen LogP contribution < -0.4 is 10.1 Å². The van der Waals surface area contributed by atoms with Gasteiger partial charge in [-0.05, 0) is 73.4 Å². The molecule has 1 unspecified atom stereocenters. The second-order valence-electron chi connectivity index (χ2n) is 10.6. The van der Waals surface area contributed by atoms with E-state index in [1.54, 1.807) is 6.33 Å². The molecular weight excluding hydrogens is 461 g/mol. The van der Waals surface area contributed by atoms with Gasteiger partial charge in [0.1, 0.15) is 24.5 Å². The number of ether oxygens (including phenoxy) is 1. The summed E-state index contributed by atoms with van der Waals surface area (Å²) in [6.07, 6.45) is 6.04. The van der Waals surface area contributed by atoms with Crippen molar-refractivity contribution in [2.45, 2.75) is 45.3 Å². The van der Waals surface area contributed by atoms with Gasteiger partial charge in [-0.1, -0.05) is 43.6 Å². The standard InChI is InChI=1S/C27H29BClN3O3/c1-26(2)17-12-23(26)27(3)24(13-17)34-28(35-27)10-5-11-33-20-8-9-22-21(15-20)25(31-16-30-22)32-19-7-4-6-18(29)14-19/h4-10,14-17,23-24H,11-13H2,1-3H3,(H,30,31,32)/b10-5+/t17-,23-,24?,27-/m0/s1. The molecule has 1 N–H and O–H groups in total. The van der Waals surface area contributed by atoms with Crippen LogP contribution in [0, 0.1) is 17.3 Å². The summed E-state index contributed by atoms with van der Waals surface area (Å²) in [6.45, 7) is 7.39. The van der Waals surface area contributed by atoms with Gasteiger partial charge in [0.05, 0.1) is 17.2 Å². The summed E-state index contributed by atoms with van der Waals surface area (Å²) in [5.41, 5.74) is 1.84. The van der Waals surface area contributed by atoms with Crippen LogP contribution in [-0.4, -0.2) is 35.4 Å². The van der Waals surface area contributed by atoms with Crippen LogP contribution in [-0.2, 0) is 9.31 Å². The lowest BCUT2D eigenvalue weighted by atomic mass is 9.43. The van der Waals surface area contributed by atoms with Gasteiger partial charge < -0.3 is 19.4 Å². The number of hydrogen-bond acceptors (Lipinski definition) is 6. The highest BCUT2D eigenvalue weighted by molar-refractivity contribution is 6.51. The smallest absolute Gasteiger partial charge is 0.486 e. The zero-order chi connectivity index (χ0) is 24.2. The van der Waals surface area contributed by atoms with Crippen LogP contribution in [0.1, 0.15) is 33.6 Å². The number of aromatic nitrogens is 2. The molecule has 3 saturated carbocycles. The molecule has 180 valence electrons. The van der Waals surface area contributed by atoms with Gasteiger partial charge in [0.15, 0.2) is 0 Å². The molecule has 4 aliphatic rings. The Bertz CT molecular complexity index is 1300. The zero-order valence-corrected chi connectivity index (χ0v) is 21.0. The van der Waals surface area contributed by atoms with E-state index in [-0.39, 0.29) is 18.8 Å². The van der Waals surface area contributed by atoms with Crippen LogP contribution in [0.5, 0.6) is 5.75 Å². The van der Waals surface area contributed by atoms with Crippen molar-refractivity contribution in [1.29, 1.82) is 0 Å². The lowest BCUT2D eigenvalue weighted by Crippen LogP contribution is -2.65. The number of rotatable bonds is 6.